The monoisotopic (exact) mass is 213 g/mol. The van der Waals surface area contributed by atoms with Gasteiger partial charge in [-0.15, -0.1) is 0 Å². The first-order chi connectivity index (χ1) is 6.57. The zero-order valence-corrected chi connectivity index (χ0v) is 8.40. The van der Waals surface area contributed by atoms with Gasteiger partial charge in [-0.2, -0.15) is 5.26 Å². The third kappa shape index (κ3) is 1.97. The highest BCUT2D eigenvalue weighted by atomic mass is 35.5. The van der Waals surface area contributed by atoms with E-state index in [1.165, 1.54) is 6.07 Å². The molecule has 0 aliphatic rings. The lowest BCUT2D eigenvalue weighted by molar-refractivity contribution is 0.425. The molecule has 1 aromatic carbocycles. The largest absolute Gasteiger partial charge is 0.505 e. The molecule has 2 nitrogen and oxygen atoms in total. The molecule has 0 radical (unpaired) electrons. The number of rotatable bonds is 2. The molecule has 0 spiro atoms. The number of benzene rings is 1. The van der Waals surface area contributed by atoms with Gasteiger partial charge < -0.3 is 5.11 Å². The first kappa shape index (κ1) is 10.8. The number of nitrogens with zero attached hydrogens (tertiary/aromatic N) is 1. The van der Waals surface area contributed by atoms with Gasteiger partial charge in [0.2, 0.25) is 0 Å². The first-order valence-electron chi connectivity index (χ1n) is 4.11. The number of phenolic OH excluding ortho intramolecular Hbond substituents is 1. The Bertz CT molecular complexity index is 372. The van der Waals surface area contributed by atoms with Crippen molar-refractivity contribution in [3.63, 3.8) is 0 Å². The van der Waals surface area contributed by atoms with E-state index >= 15 is 0 Å². The van der Waals surface area contributed by atoms with Gasteiger partial charge in [0.15, 0.2) is 11.6 Å². The van der Waals surface area contributed by atoms with Crippen molar-refractivity contribution in [1.29, 1.82) is 5.26 Å². The Labute approximate surface area is 86.5 Å². The van der Waals surface area contributed by atoms with Crippen molar-refractivity contribution in [3.8, 4) is 11.8 Å². The Morgan fingerprint density at radius 3 is 2.86 bits per heavy atom. The van der Waals surface area contributed by atoms with Crippen molar-refractivity contribution in [2.24, 2.45) is 0 Å². The maximum absolute atomic E-state index is 13.1. The second-order valence-corrected chi connectivity index (χ2v) is 3.35. The fraction of sp³-hybridized carbons (Fsp3) is 0.300. The van der Waals surface area contributed by atoms with Crippen LogP contribution in [-0.2, 0) is 6.42 Å². The Morgan fingerprint density at radius 1 is 1.64 bits per heavy atom. The van der Waals surface area contributed by atoms with E-state index in [0.29, 0.717) is 16.1 Å². The molecule has 0 aromatic heterocycles. The van der Waals surface area contributed by atoms with Gasteiger partial charge in [-0.1, -0.05) is 11.6 Å². The summed E-state index contributed by atoms with van der Waals surface area (Å²) in [7, 11) is 0. The van der Waals surface area contributed by atoms with Crippen molar-refractivity contribution >= 4 is 11.6 Å². The van der Waals surface area contributed by atoms with E-state index < -0.39 is 11.6 Å². The predicted octanol–water partition coefficient (Wildman–Crippen LogP) is 2.95. The van der Waals surface area contributed by atoms with Gasteiger partial charge in [0, 0.05) is 12.0 Å². The topological polar surface area (TPSA) is 44.0 Å². The fourth-order valence-electron chi connectivity index (χ4n) is 1.22. The van der Waals surface area contributed by atoms with Gasteiger partial charge >= 0.3 is 0 Å². The van der Waals surface area contributed by atoms with Crippen LogP contribution in [0.1, 0.15) is 17.5 Å². The molecule has 74 valence electrons. The minimum Gasteiger partial charge on any atom is -0.505 e. The number of halogens is 2. The molecule has 1 N–H and O–H groups in total. The molecule has 0 unspecified atom stereocenters. The Morgan fingerprint density at radius 2 is 2.29 bits per heavy atom. The molecule has 1 aromatic rings. The van der Waals surface area contributed by atoms with Crippen molar-refractivity contribution in [1.82, 2.24) is 0 Å². The second-order valence-electron chi connectivity index (χ2n) is 2.97. The molecule has 0 aliphatic heterocycles. The predicted molar refractivity (Wildman–Crippen MR) is 51.7 cm³/mol. The number of phenols is 1. The average Bonchev–Trinajstić information content (AvgIpc) is 2.15. The summed E-state index contributed by atoms with van der Waals surface area (Å²) < 4.78 is 13.1. The molecule has 0 aliphatic carbocycles. The van der Waals surface area contributed by atoms with Gasteiger partial charge in [-0.25, -0.2) is 4.39 Å². The first-order valence-corrected chi connectivity index (χ1v) is 4.49. The lowest BCUT2D eigenvalue weighted by Gasteiger charge is -2.08. The molecule has 1 rings (SSSR count). The van der Waals surface area contributed by atoms with Crippen LogP contribution in [0.2, 0.25) is 5.02 Å². The van der Waals surface area contributed by atoms with Crippen molar-refractivity contribution in [2.45, 2.75) is 19.8 Å². The SMILES string of the molecule is Cc1cc(F)c(O)c(CCC#N)c1Cl. The van der Waals surface area contributed by atoms with Gasteiger partial charge in [0.05, 0.1) is 11.1 Å². The van der Waals surface area contributed by atoms with Crippen LogP contribution in [0, 0.1) is 24.1 Å². The molecule has 0 amide bonds. The molecule has 0 fully saturated rings. The van der Waals surface area contributed by atoms with Crippen LogP contribution in [0.5, 0.6) is 5.75 Å². The number of aromatic hydroxyl groups is 1. The number of nitriles is 1. The zero-order valence-electron chi connectivity index (χ0n) is 7.64. The summed E-state index contributed by atoms with van der Waals surface area (Å²) in [5.74, 6) is -1.14. The summed E-state index contributed by atoms with van der Waals surface area (Å²) in [5, 5.41) is 18.1. The van der Waals surface area contributed by atoms with E-state index in [-0.39, 0.29) is 12.8 Å². The number of hydrogen-bond donors (Lipinski definition) is 1. The molecule has 0 saturated carbocycles. The van der Waals surface area contributed by atoms with Gasteiger partial charge in [0.25, 0.3) is 0 Å². The maximum atomic E-state index is 13.1. The van der Waals surface area contributed by atoms with Crippen LogP contribution < -0.4 is 0 Å². The normalized spacial score (nSPS) is 9.86. The van der Waals surface area contributed by atoms with Crippen LogP contribution in [-0.4, -0.2) is 5.11 Å². The Balaban J connectivity index is 3.19. The summed E-state index contributed by atoms with van der Waals surface area (Å²) in [5.41, 5.74) is 0.876. The molecule has 0 bridgehead atoms. The van der Waals surface area contributed by atoms with Crippen LogP contribution in [0.3, 0.4) is 0 Å². The summed E-state index contributed by atoms with van der Waals surface area (Å²) in [4.78, 5) is 0. The number of aryl methyl sites for hydroxylation is 1. The minimum atomic E-state index is -0.695. The van der Waals surface area contributed by atoms with E-state index in [2.05, 4.69) is 0 Å². The standard InChI is InChI=1S/C10H9ClFNO/c1-6-5-8(12)10(14)7(9(6)11)3-2-4-13/h5,14H,2-3H2,1H3. The van der Waals surface area contributed by atoms with E-state index in [0.717, 1.165) is 0 Å². The summed E-state index contributed by atoms with van der Waals surface area (Å²) in [6, 6.07) is 3.09. The fourth-order valence-corrected chi connectivity index (χ4v) is 1.46. The molecule has 0 heterocycles. The molecule has 0 atom stereocenters. The van der Waals surface area contributed by atoms with E-state index in [4.69, 9.17) is 16.9 Å². The highest BCUT2D eigenvalue weighted by Gasteiger charge is 2.13. The quantitative estimate of drug-likeness (QED) is 0.821. The highest BCUT2D eigenvalue weighted by molar-refractivity contribution is 6.32. The van der Waals surface area contributed by atoms with Crippen LogP contribution >= 0.6 is 11.6 Å². The smallest absolute Gasteiger partial charge is 0.165 e. The Kier molecular flexibility index (Phi) is 3.32. The lowest BCUT2D eigenvalue weighted by Crippen LogP contribution is -1.93. The summed E-state index contributed by atoms with van der Waals surface area (Å²) in [6.45, 7) is 1.65. The van der Waals surface area contributed by atoms with Crippen LogP contribution in [0.25, 0.3) is 0 Å². The number of hydrogen-bond acceptors (Lipinski definition) is 2. The van der Waals surface area contributed by atoms with Gasteiger partial charge in [-0.05, 0) is 25.0 Å². The molecular weight excluding hydrogens is 205 g/mol. The third-order valence-electron chi connectivity index (χ3n) is 1.95. The highest BCUT2D eigenvalue weighted by Crippen LogP contribution is 2.32. The van der Waals surface area contributed by atoms with Crippen molar-refractivity contribution < 1.29 is 9.50 Å². The maximum Gasteiger partial charge on any atom is 0.165 e. The third-order valence-corrected chi connectivity index (χ3v) is 2.48. The second kappa shape index (κ2) is 4.30. The van der Waals surface area contributed by atoms with Gasteiger partial charge in [0.1, 0.15) is 0 Å². The lowest BCUT2D eigenvalue weighted by atomic mass is 10.1. The molecule has 4 heteroatoms. The van der Waals surface area contributed by atoms with E-state index in [1.807, 2.05) is 6.07 Å². The van der Waals surface area contributed by atoms with E-state index in [1.54, 1.807) is 6.92 Å². The summed E-state index contributed by atoms with van der Waals surface area (Å²) in [6.07, 6.45) is 0.468. The molecular formula is C10H9ClFNO. The van der Waals surface area contributed by atoms with Gasteiger partial charge in [-0.3, -0.25) is 0 Å². The average molecular weight is 214 g/mol. The van der Waals surface area contributed by atoms with Crippen molar-refractivity contribution in [2.75, 3.05) is 0 Å². The minimum absolute atomic E-state index is 0.205. The Hall–Kier alpha value is -1.27. The van der Waals surface area contributed by atoms with Crippen molar-refractivity contribution in [3.05, 3.63) is 28.0 Å². The van der Waals surface area contributed by atoms with Crippen LogP contribution in [0.15, 0.2) is 6.07 Å². The van der Waals surface area contributed by atoms with E-state index in [9.17, 15) is 9.50 Å². The molecule has 14 heavy (non-hydrogen) atoms. The summed E-state index contributed by atoms with van der Waals surface area (Å²) >= 11 is 5.87. The zero-order chi connectivity index (χ0) is 10.7. The molecule has 0 saturated heterocycles. The van der Waals surface area contributed by atoms with Crippen LogP contribution in [0.4, 0.5) is 4.39 Å².